The molecule has 0 aromatic carbocycles. The summed E-state index contributed by atoms with van der Waals surface area (Å²) >= 11 is -0.548. The summed E-state index contributed by atoms with van der Waals surface area (Å²) < 4.78 is 10.3. The lowest BCUT2D eigenvalue weighted by Gasteiger charge is -2.25. The van der Waals surface area contributed by atoms with Crippen LogP contribution in [0.4, 0.5) is 0 Å². The van der Waals surface area contributed by atoms with E-state index >= 15 is 0 Å². The zero-order valence-corrected chi connectivity index (χ0v) is 4.33. The summed E-state index contributed by atoms with van der Waals surface area (Å²) in [7, 11) is 0. The van der Waals surface area contributed by atoms with Crippen LogP contribution in [0, 0.1) is 6.92 Å². The lowest BCUT2D eigenvalue weighted by Crippen LogP contribution is -2.33. The first-order chi connectivity index (χ1) is 2.80. The minimum Gasteiger partial charge on any atom is -0.616 e. The Morgan fingerprint density at radius 3 is 2.33 bits per heavy atom. The Balaban J connectivity index is 2.20. The minimum atomic E-state index is -0.548. The summed E-state index contributed by atoms with van der Waals surface area (Å²) in [5, 5.41) is 0.255. The molecule has 1 aliphatic rings. The van der Waals surface area contributed by atoms with Crippen molar-refractivity contribution in [2.45, 2.75) is 11.7 Å². The van der Waals surface area contributed by atoms with Gasteiger partial charge in [0.05, 0.1) is 0 Å². The van der Waals surface area contributed by atoms with Gasteiger partial charge in [0, 0.05) is 6.42 Å². The zero-order chi connectivity index (χ0) is 4.57. The highest BCUT2D eigenvalue weighted by molar-refractivity contribution is 7.93. The Morgan fingerprint density at radius 1 is 1.83 bits per heavy atom. The van der Waals surface area contributed by atoms with Gasteiger partial charge in [-0.25, -0.2) is 0 Å². The van der Waals surface area contributed by atoms with Crippen LogP contribution in [0.25, 0.3) is 0 Å². The van der Waals surface area contributed by atoms with Crippen LogP contribution in [0.1, 0.15) is 6.42 Å². The summed E-state index contributed by atoms with van der Waals surface area (Å²) in [5.74, 6) is 0.883. The molecule has 0 saturated carbocycles. The van der Waals surface area contributed by atoms with Gasteiger partial charge >= 0.3 is 0 Å². The smallest absolute Gasteiger partial charge is 0.120 e. The first kappa shape index (κ1) is 4.47. The molecule has 1 radical (unpaired) electrons. The third-order valence-electron chi connectivity index (χ3n) is 1.01. The quantitative estimate of drug-likeness (QED) is 0.405. The SMILES string of the molecule is [CH2]C1CC[S+]1[O-]. The molecule has 1 fully saturated rings. The van der Waals surface area contributed by atoms with E-state index in [2.05, 4.69) is 6.92 Å². The summed E-state index contributed by atoms with van der Waals surface area (Å²) in [4.78, 5) is 0. The van der Waals surface area contributed by atoms with Crippen molar-refractivity contribution in [1.82, 2.24) is 0 Å². The van der Waals surface area contributed by atoms with Crippen molar-refractivity contribution < 1.29 is 4.55 Å². The van der Waals surface area contributed by atoms with Crippen LogP contribution in [-0.2, 0) is 11.2 Å². The second kappa shape index (κ2) is 1.43. The van der Waals surface area contributed by atoms with Crippen LogP contribution in [-0.4, -0.2) is 15.6 Å². The van der Waals surface area contributed by atoms with Crippen molar-refractivity contribution in [1.29, 1.82) is 0 Å². The summed E-state index contributed by atoms with van der Waals surface area (Å²) in [6.07, 6.45) is 1.06. The molecule has 35 valence electrons. The topological polar surface area (TPSA) is 23.1 Å². The van der Waals surface area contributed by atoms with Crippen molar-refractivity contribution >= 4 is 11.2 Å². The van der Waals surface area contributed by atoms with Crippen molar-refractivity contribution in [3.05, 3.63) is 6.92 Å². The van der Waals surface area contributed by atoms with Crippen LogP contribution >= 0.6 is 0 Å². The summed E-state index contributed by atoms with van der Waals surface area (Å²) in [5.41, 5.74) is 0. The normalized spacial score (nSPS) is 45.0. The van der Waals surface area contributed by atoms with E-state index in [-0.39, 0.29) is 5.25 Å². The van der Waals surface area contributed by atoms with E-state index in [0.29, 0.717) is 0 Å². The van der Waals surface area contributed by atoms with Crippen molar-refractivity contribution in [3.8, 4) is 0 Å². The van der Waals surface area contributed by atoms with Crippen molar-refractivity contribution in [2.75, 3.05) is 5.75 Å². The largest absolute Gasteiger partial charge is 0.616 e. The predicted octanol–water partition coefficient (Wildman–Crippen LogP) is 0.341. The maximum absolute atomic E-state index is 10.3. The van der Waals surface area contributed by atoms with E-state index in [9.17, 15) is 4.55 Å². The molecule has 0 aromatic rings. The minimum absolute atomic E-state index is 0.255. The predicted molar refractivity (Wildman–Crippen MR) is 26.8 cm³/mol. The van der Waals surface area contributed by atoms with Gasteiger partial charge in [-0.05, 0) is 6.92 Å². The standard InChI is InChI=1S/C4H7OS/c1-4-2-3-6(4)5/h4H,1-3H2. The molecule has 1 heterocycles. The fourth-order valence-corrected chi connectivity index (χ4v) is 1.14. The van der Waals surface area contributed by atoms with Gasteiger partial charge in [0.1, 0.15) is 11.0 Å². The molecule has 2 atom stereocenters. The van der Waals surface area contributed by atoms with E-state index in [4.69, 9.17) is 0 Å². The van der Waals surface area contributed by atoms with Crippen LogP contribution < -0.4 is 0 Å². The maximum atomic E-state index is 10.3. The van der Waals surface area contributed by atoms with Crippen molar-refractivity contribution in [3.63, 3.8) is 0 Å². The molecule has 2 unspecified atom stereocenters. The molecule has 0 aromatic heterocycles. The highest BCUT2D eigenvalue weighted by Gasteiger charge is 2.27. The lowest BCUT2D eigenvalue weighted by atomic mass is 10.3. The Kier molecular flexibility index (Phi) is 1.06. The van der Waals surface area contributed by atoms with Gasteiger partial charge in [0.2, 0.25) is 0 Å². The molecular weight excluding hydrogens is 96.1 g/mol. The van der Waals surface area contributed by atoms with E-state index in [1.807, 2.05) is 0 Å². The van der Waals surface area contributed by atoms with Crippen LogP contribution in [0.2, 0.25) is 0 Å². The average Bonchev–Trinajstić information content (AvgIpc) is 1.61. The van der Waals surface area contributed by atoms with Crippen LogP contribution in [0.5, 0.6) is 0 Å². The molecule has 0 amide bonds. The summed E-state index contributed by atoms with van der Waals surface area (Å²) in [6, 6.07) is 0. The Labute approximate surface area is 40.9 Å². The van der Waals surface area contributed by atoms with Gasteiger partial charge in [-0.2, -0.15) is 0 Å². The highest BCUT2D eigenvalue weighted by atomic mass is 32.2. The maximum Gasteiger partial charge on any atom is 0.120 e. The van der Waals surface area contributed by atoms with Crippen LogP contribution in [0.15, 0.2) is 0 Å². The monoisotopic (exact) mass is 103 g/mol. The molecule has 2 heteroatoms. The Hall–Kier alpha value is 0.310. The lowest BCUT2D eigenvalue weighted by molar-refractivity contribution is 0.564. The molecule has 6 heavy (non-hydrogen) atoms. The molecule has 0 aliphatic carbocycles. The van der Waals surface area contributed by atoms with E-state index in [0.717, 1.165) is 12.2 Å². The average molecular weight is 103 g/mol. The molecule has 0 N–H and O–H groups in total. The molecule has 0 spiro atoms. The number of rotatable bonds is 0. The molecule has 1 saturated heterocycles. The molecular formula is C4H7OS. The van der Waals surface area contributed by atoms with Gasteiger partial charge in [0.25, 0.3) is 0 Å². The highest BCUT2D eigenvalue weighted by Crippen LogP contribution is 2.18. The first-order valence-electron chi connectivity index (χ1n) is 2.01. The van der Waals surface area contributed by atoms with Gasteiger partial charge in [0.15, 0.2) is 0 Å². The second-order valence-electron chi connectivity index (χ2n) is 1.50. The molecule has 1 aliphatic heterocycles. The molecule has 0 bridgehead atoms. The molecule has 1 rings (SSSR count). The van der Waals surface area contributed by atoms with E-state index in [1.165, 1.54) is 0 Å². The summed E-state index contributed by atoms with van der Waals surface area (Å²) in [6.45, 7) is 3.62. The van der Waals surface area contributed by atoms with E-state index < -0.39 is 11.2 Å². The Bertz CT molecular complexity index is 47.5. The third-order valence-corrected chi connectivity index (χ3v) is 2.63. The number of hydrogen-bond donors (Lipinski definition) is 0. The van der Waals surface area contributed by atoms with Gasteiger partial charge in [-0.15, -0.1) is 0 Å². The third kappa shape index (κ3) is 0.545. The zero-order valence-electron chi connectivity index (χ0n) is 3.52. The van der Waals surface area contributed by atoms with Gasteiger partial charge in [-0.3, -0.25) is 0 Å². The van der Waals surface area contributed by atoms with Gasteiger partial charge in [-0.1, -0.05) is 11.2 Å². The van der Waals surface area contributed by atoms with Crippen LogP contribution in [0.3, 0.4) is 0 Å². The van der Waals surface area contributed by atoms with Gasteiger partial charge < -0.3 is 4.55 Å². The first-order valence-corrected chi connectivity index (χ1v) is 3.39. The number of hydrogen-bond acceptors (Lipinski definition) is 1. The van der Waals surface area contributed by atoms with Crippen molar-refractivity contribution in [2.24, 2.45) is 0 Å². The Morgan fingerprint density at radius 2 is 2.33 bits per heavy atom. The van der Waals surface area contributed by atoms with E-state index in [1.54, 1.807) is 0 Å². The fraction of sp³-hybridized carbons (Fsp3) is 0.750. The fourth-order valence-electron chi connectivity index (χ4n) is 0.381. The second-order valence-corrected chi connectivity index (χ2v) is 3.33. The molecule has 1 nitrogen and oxygen atoms in total.